The molecule has 1 amide bonds. The van der Waals surface area contributed by atoms with Gasteiger partial charge in [-0.05, 0) is 32.0 Å². The summed E-state index contributed by atoms with van der Waals surface area (Å²) in [5, 5.41) is 19.2. The van der Waals surface area contributed by atoms with Gasteiger partial charge in [-0.25, -0.2) is 9.67 Å². The highest BCUT2D eigenvalue weighted by Gasteiger charge is 2.24. The van der Waals surface area contributed by atoms with Crippen molar-refractivity contribution in [1.29, 1.82) is 0 Å². The summed E-state index contributed by atoms with van der Waals surface area (Å²) in [6.45, 7) is 3.25. The molecule has 5 N–H and O–H groups in total. The van der Waals surface area contributed by atoms with Crippen LogP contribution in [0.1, 0.15) is 34.4 Å². The summed E-state index contributed by atoms with van der Waals surface area (Å²) in [6.07, 6.45) is 1.48. The van der Waals surface area contributed by atoms with Crippen LogP contribution in [-0.4, -0.2) is 35.9 Å². The van der Waals surface area contributed by atoms with Crippen molar-refractivity contribution in [2.75, 3.05) is 5.73 Å². The number of nitrogen functional groups attached to an aromatic ring is 1. The van der Waals surface area contributed by atoms with Gasteiger partial charge in [0.2, 0.25) is 5.95 Å². The van der Waals surface area contributed by atoms with E-state index in [2.05, 4.69) is 32.1 Å². The number of benzene rings is 1. The lowest BCUT2D eigenvalue weighted by atomic mass is 10.0. The number of carbonyl (C=O) groups excluding carboxylic acids is 1. The summed E-state index contributed by atoms with van der Waals surface area (Å²) >= 11 is 0. The number of anilines is 1. The molecule has 0 aliphatic rings. The maximum atomic E-state index is 11.8. The molecule has 1 atom stereocenters. The zero-order valence-corrected chi connectivity index (χ0v) is 16.1. The number of nitrogens with zero attached hydrogens (tertiary/aromatic N) is 5. The molecule has 0 bridgehead atoms. The van der Waals surface area contributed by atoms with Crippen LogP contribution in [0.3, 0.4) is 0 Å². The van der Waals surface area contributed by atoms with Gasteiger partial charge in [0, 0.05) is 29.3 Å². The summed E-state index contributed by atoms with van der Waals surface area (Å²) in [4.78, 5) is 19.8. The molecule has 150 valence electrons. The second-order valence-corrected chi connectivity index (χ2v) is 6.77. The van der Waals surface area contributed by atoms with Crippen LogP contribution < -0.4 is 11.5 Å². The third kappa shape index (κ3) is 3.45. The van der Waals surface area contributed by atoms with E-state index in [-0.39, 0.29) is 11.6 Å². The lowest BCUT2D eigenvalue weighted by Crippen LogP contribution is -2.18. The molecular weight excluding hydrogens is 386 g/mol. The Kier molecular flexibility index (Phi) is 4.45. The van der Waals surface area contributed by atoms with E-state index >= 15 is 0 Å². The highest BCUT2D eigenvalue weighted by Crippen LogP contribution is 2.24. The van der Waals surface area contributed by atoms with Crippen molar-refractivity contribution >= 4 is 22.8 Å². The fourth-order valence-electron chi connectivity index (χ4n) is 2.88. The fourth-order valence-corrected chi connectivity index (χ4v) is 2.88. The van der Waals surface area contributed by atoms with Crippen LogP contribution in [0.2, 0.25) is 0 Å². The van der Waals surface area contributed by atoms with Gasteiger partial charge in [-0.2, -0.15) is 10.1 Å². The van der Waals surface area contributed by atoms with Gasteiger partial charge >= 0.3 is 0 Å². The zero-order chi connectivity index (χ0) is 21.5. The minimum atomic E-state index is -1.51. The van der Waals surface area contributed by atoms with Gasteiger partial charge < -0.3 is 21.1 Å². The average molecular weight is 403 g/mol. The minimum Gasteiger partial charge on any atom is -0.372 e. The lowest BCUT2D eigenvalue weighted by Gasteiger charge is -2.11. The molecule has 1 unspecified atom stereocenters. The summed E-state index contributed by atoms with van der Waals surface area (Å²) < 4.78 is 6.45. The highest BCUT2D eigenvalue weighted by molar-refractivity contribution is 6.04. The molecule has 0 aliphatic heterocycles. The number of aliphatic hydroxyl groups is 1. The van der Waals surface area contributed by atoms with E-state index in [1.165, 1.54) is 17.8 Å². The second-order valence-electron chi connectivity index (χ2n) is 6.77. The number of primary amides is 1. The van der Waals surface area contributed by atoms with Crippen molar-refractivity contribution in [3.05, 3.63) is 59.2 Å². The van der Waals surface area contributed by atoms with Crippen molar-refractivity contribution in [3.8, 4) is 17.7 Å². The van der Waals surface area contributed by atoms with Crippen molar-refractivity contribution in [1.82, 2.24) is 24.9 Å². The molecule has 4 aromatic rings. The topological polar surface area (TPSA) is 159 Å². The number of hydrogen-bond donors (Lipinski definition) is 3. The molecule has 0 saturated carbocycles. The number of aryl methyl sites for hydroxylation is 1. The Bertz CT molecular complexity index is 1340. The Hall–Kier alpha value is -4.23. The second kappa shape index (κ2) is 6.98. The molecule has 10 nitrogen and oxygen atoms in total. The van der Waals surface area contributed by atoms with E-state index in [0.29, 0.717) is 33.7 Å². The number of fused-ring (bicyclic) bond motifs is 1. The molecule has 0 saturated heterocycles. The highest BCUT2D eigenvalue weighted by atomic mass is 16.5. The quantitative estimate of drug-likeness (QED) is 0.428. The van der Waals surface area contributed by atoms with Crippen LogP contribution in [0.4, 0.5) is 5.95 Å². The Labute approximate surface area is 170 Å². The van der Waals surface area contributed by atoms with E-state index in [0.717, 1.165) is 0 Å². The van der Waals surface area contributed by atoms with Crippen LogP contribution in [0.5, 0.6) is 0 Å². The lowest BCUT2D eigenvalue weighted by molar-refractivity contribution is 0.0996. The largest absolute Gasteiger partial charge is 0.372 e. The Morgan fingerprint density at radius 2 is 2.10 bits per heavy atom. The SMILES string of the molecule is Cc1cc(C(C)(O)C#Cc2ccc3c(C(N)=O)nn(-c4ccnc(N)n4)c3c2)no1. The molecule has 0 radical (unpaired) electrons. The van der Waals surface area contributed by atoms with Crippen molar-refractivity contribution in [3.63, 3.8) is 0 Å². The Balaban J connectivity index is 1.83. The zero-order valence-electron chi connectivity index (χ0n) is 16.1. The van der Waals surface area contributed by atoms with Crippen LogP contribution in [0.25, 0.3) is 16.7 Å². The molecular formula is C20H17N7O3. The van der Waals surface area contributed by atoms with Gasteiger partial charge in [0.15, 0.2) is 17.1 Å². The summed E-state index contributed by atoms with van der Waals surface area (Å²) in [7, 11) is 0. The molecule has 0 fully saturated rings. The molecule has 0 aliphatic carbocycles. The van der Waals surface area contributed by atoms with Crippen molar-refractivity contribution in [2.24, 2.45) is 5.73 Å². The van der Waals surface area contributed by atoms with Gasteiger partial charge in [-0.3, -0.25) is 4.79 Å². The van der Waals surface area contributed by atoms with Crippen molar-refractivity contribution < 1.29 is 14.4 Å². The number of carbonyl (C=O) groups is 1. The maximum absolute atomic E-state index is 11.8. The molecule has 3 aromatic heterocycles. The van der Waals surface area contributed by atoms with Crippen LogP contribution in [-0.2, 0) is 5.60 Å². The first-order chi connectivity index (χ1) is 14.2. The number of nitrogens with two attached hydrogens (primary N) is 2. The van der Waals surface area contributed by atoms with Crippen molar-refractivity contribution in [2.45, 2.75) is 19.4 Å². The van der Waals surface area contributed by atoms with Crippen LogP contribution in [0, 0.1) is 18.8 Å². The van der Waals surface area contributed by atoms with Gasteiger partial charge in [0.05, 0.1) is 5.52 Å². The monoisotopic (exact) mass is 403 g/mol. The smallest absolute Gasteiger partial charge is 0.269 e. The fraction of sp³-hybridized carbons (Fsp3) is 0.150. The number of aromatic nitrogens is 5. The molecule has 30 heavy (non-hydrogen) atoms. The van der Waals surface area contributed by atoms with E-state index in [4.69, 9.17) is 16.0 Å². The van der Waals surface area contributed by atoms with Crippen LogP contribution in [0.15, 0.2) is 41.1 Å². The van der Waals surface area contributed by atoms with E-state index < -0.39 is 11.5 Å². The standard InChI is InChI=1S/C20H17N7O3/c1-11-9-15(26-30-11)20(2,29)7-5-12-3-4-13-14(10-12)27(25-17(13)18(21)28)16-6-8-23-19(22)24-16/h3-4,6,8-10,29H,1-2H3,(H2,21,28)(H2,22,23,24). The van der Waals surface area contributed by atoms with Crippen LogP contribution >= 0.6 is 0 Å². The first kappa shape index (κ1) is 19.1. The third-order valence-corrected chi connectivity index (χ3v) is 4.37. The van der Waals surface area contributed by atoms with E-state index in [1.807, 2.05) is 0 Å². The molecule has 4 rings (SSSR count). The summed E-state index contributed by atoms with van der Waals surface area (Å²) in [6, 6.07) is 8.31. The van der Waals surface area contributed by atoms with E-state index in [9.17, 15) is 9.90 Å². The molecule has 0 spiro atoms. The van der Waals surface area contributed by atoms with E-state index in [1.54, 1.807) is 37.3 Å². The van der Waals surface area contributed by atoms with Gasteiger partial charge in [0.1, 0.15) is 11.5 Å². The average Bonchev–Trinajstić information content (AvgIpc) is 3.30. The Morgan fingerprint density at radius 1 is 1.30 bits per heavy atom. The van der Waals surface area contributed by atoms with Gasteiger partial charge in [-0.1, -0.05) is 17.0 Å². The minimum absolute atomic E-state index is 0.0617. The predicted octanol–water partition coefficient (Wildman–Crippen LogP) is 1.05. The predicted molar refractivity (Wildman–Crippen MR) is 107 cm³/mol. The maximum Gasteiger partial charge on any atom is 0.269 e. The summed E-state index contributed by atoms with van der Waals surface area (Å²) in [5.41, 5.74) is 11.2. The normalized spacial score (nSPS) is 12.9. The molecule has 1 aromatic carbocycles. The van der Waals surface area contributed by atoms with Gasteiger partial charge in [-0.15, -0.1) is 0 Å². The molecule has 10 heteroatoms. The number of rotatable bonds is 3. The molecule has 3 heterocycles. The first-order valence-electron chi connectivity index (χ1n) is 8.85. The third-order valence-electron chi connectivity index (χ3n) is 4.37. The van der Waals surface area contributed by atoms with Gasteiger partial charge in [0.25, 0.3) is 5.91 Å². The Morgan fingerprint density at radius 3 is 2.77 bits per heavy atom. The number of amides is 1. The number of hydrogen-bond acceptors (Lipinski definition) is 8. The first-order valence-corrected chi connectivity index (χ1v) is 8.85. The summed E-state index contributed by atoms with van der Waals surface area (Å²) in [5.74, 6) is 6.03.